The second-order valence-electron chi connectivity index (χ2n) is 1.22. The van der Waals surface area contributed by atoms with Gasteiger partial charge in [0.1, 0.15) is 0 Å². The minimum absolute atomic E-state index is 1.03. The number of hydrogen-bond acceptors (Lipinski definition) is 4. The van der Waals surface area contributed by atoms with Gasteiger partial charge >= 0.3 is 58.9 Å². The summed E-state index contributed by atoms with van der Waals surface area (Å²) in [5.74, 6) is 0. The van der Waals surface area contributed by atoms with Crippen molar-refractivity contribution in [3.8, 4) is 0 Å². The van der Waals surface area contributed by atoms with Gasteiger partial charge in [-0.2, -0.15) is 0 Å². The molecule has 0 saturated carbocycles. The molecule has 1 aliphatic heterocycles. The molecule has 0 fully saturated rings. The van der Waals surface area contributed by atoms with Crippen molar-refractivity contribution in [2.45, 2.75) is 0 Å². The molecule has 1 rings (SSSR count). The molecule has 47 valence electrons. The molecule has 0 spiro atoms. The van der Waals surface area contributed by atoms with Crippen LogP contribution in [0.15, 0.2) is 21.0 Å². The van der Waals surface area contributed by atoms with E-state index in [2.05, 4.69) is 8.76 Å². The summed E-state index contributed by atoms with van der Waals surface area (Å²) in [6, 6.07) is 0. The fourth-order valence-corrected chi connectivity index (χ4v) is 2.31. The van der Waals surface area contributed by atoms with Crippen LogP contribution >= 0.6 is 0 Å². The van der Waals surface area contributed by atoms with Crippen LogP contribution in [0.5, 0.6) is 0 Å². The molecule has 0 saturated heterocycles. The summed E-state index contributed by atoms with van der Waals surface area (Å²) >= 11 is -3.38. The molecular formula is C3H3N2O2STi. The van der Waals surface area contributed by atoms with E-state index < -0.39 is 25.0 Å². The Balaban J connectivity index is 2.97. The van der Waals surface area contributed by atoms with Crippen molar-refractivity contribution in [3.63, 3.8) is 0 Å². The summed E-state index contributed by atoms with van der Waals surface area (Å²) in [5.41, 5.74) is 0. The monoisotopic (exact) mass is 179 g/mol. The van der Waals surface area contributed by atoms with E-state index in [4.69, 9.17) is 0 Å². The Labute approximate surface area is 59.0 Å². The van der Waals surface area contributed by atoms with Crippen LogP contribution < -0.4 is 0 Å². The molecule has 9 heavy (non-hydrogen) atoms. The minimum atomic E-state index is -3.38. The maximum atomic E-state index is 10.3. The average Bonchev–Trinajstić information content (AvgIpc) is 1.90. The van der Waals surface area contributed by atoms with Gasteiger partial charge < -0.3 is 0 Å². The Kier molecular flexibility index (Phi) is 2.44. The Morgan fingerprint density at radius 3 is 2.56 bits per heavy atom. The van der Waals surface area contributed by atoms with E-state index in [1.165, 1.54) is 12.4 Å². The maximum absolute atomic E-state index is 10.3. The van der Waals surface area contributed by atoms with Crippen molar-refractivity contribution in [3.05, 3.63) is 12.3 Å². The number of nitrogens with zero attached hydrogens (tertiary/aromatic N) is 2. The van der Waals surface area contributed by atoms with Gasteiger partial charge in [0.15, 0.2) is 0 Å². The molecule has 4 nitrogen and oxygen atoms in total. The molecule has 0 aromatic heterocycles. The third-order valence-electron chi connectivity index (χ3n) is 0.643. The molecular weight excluding hydrogens is 176 g/mol. The van der Waals surface area contributed by atoms with Crippen molar-refractivity contribution in [2.75, 3.05) is 0 Å². The topological polar surface area (TPSA) is 58.9 Å². The quantitative estimate of drug-likeness (QED) is 0.551. The number of hydrogen-bond donors (Lipinski definition) is 0. The first-order valence-electron chi connectivity index (χ1n) is 2.16. The molecule has 1 atom stereocenters. The molecule has 6 heteroatoms. The normalized spacial score (nSPS) is 23.3. The van der Waals surface area contributed by atoms with Crippen molar-refractivity contribution >= 4 is 14.7 Å². The van der Waals surface area contributed by atoms with Crippen molar-refractivity contribution in [2.24, 2.45) is 8.76 Å². The van der Waals surface area contributed by atoms with Crippen LogP contribution in [0.3, 0.4) is 0 Å². The molecule has 0 aliphatic carbocycles. The van der Waals surface area contributed by atoms with E-state index in [1.54, 1.807) is 6.08 Å². The van der Waals surface area contributed by atoms with Crippen LogP contribution in [0.1, 0.15) is 0 Å². The van der Waals surface area contributed by atoms with E-state index in [1.807, 2.05) is 0 Å². The van der Waals surface area contributed by atoms with E-state index in [-0.39, 0.29) is 0 Å². The third-order valence-corrected chi connectivity index (χ3v) is 3.97. The molecule has 0 radical (unpaired) electrons. The Morgan fingerprint density at radius 2 is 2.22 bits per heavy atom. The van der Waals surface area contributed by atoms with E-state index in [0.717, 1.165) is 0 Å². The van der Waals surface area contributed by atoms with Gasteiger partial charge in [-0.15, -0.1) is 0 Å². The molecule has 1 aliphatic rings. The van der Waals surface area contributed by atoms with Crippen molar-refractivity contribution < 1.29 is 23.2 Å². The van der Waals surface area contributed by atoms with E-state index >= 15 is 0 Å². The van der Waals surface area contributed by atoms with Crippen LogP contribution in [0.2, 0.25) is 0 Å². The molecule has 0 amide bonds. The summed E-state index contributed by atoms with van der Waals surface area (Å²) in [6.07, 6.45) is 4.52. The Hall–Kier alpha value is -0.126. The zero-order valence-electron chi connectivity index (χ0n) is 4.35. The second kappa shape index (κ2) is 3.15. The van der Waals surface area contributed by atoms with Gasteiger partial charge in [0.05, 0.1) is 0 Å². The first kappa shape index (κ1) is 6.99. The zero-order valence-corrected chi connectivity index (χ0v) is 6.73. The van der Waals surface area contributed by atoms with Gasteiger partial charge in [-0.25, -0.2) is 0 Å². The predicted octanol–water partition coefficient (Wildman–Crippen LogP) is 0.526. The van der Waals surface area contributed by atoms with E-state index in [0.29, 0.717) is 0 Å². The SMILES string of the molecule is [O]=[Ti](=[O])[S]1=NC=CC=N1. The number of allylic oxidation sites excluding steroid dienone is 1. The van der Waals surface area contributed by atoms with Crippen LogP contribution in [0.25, 0.3) is 0 Å². The molecule has 1 heterocycles. The van der Waals surface area contributed by atoms with Crippen LogP contribution in [-0.4, -0.2) is 6.21 Å². The summed E-state index contributed by atoms with van der Waals surface area (Å²) in [6.45, 7) is 0. The molecule has 0 aromatic carbocycles. The van der Waals surface area contributed by atoms with Gasteiger partial charge in [-0.05, 0) is 0 Å². The first-order chi connectivity index (χ1) is 4.30. The van der Waals surface area contributed by atoms with Crippen molar-refractivity contribution in [1.82, 2.24) is 0 Å². The zero-order chi connectivity index (χ0) is 6.69. The van der Waals surface area contributed by atoms with Gasteiger partial charge in [-0.3, -0.25) is 0 Å². The fourth-order valence-electron chi connectivity index (χ4n) is 0.337. The third kappa shape index (κ3) is 1.93. The summed E-state index contributed by atoms with van der Waals surface area (Å²) in [7, 11) is -1.03. The van der Waals surface area contributed by atoms with Crippen LogP contribution in [0.4, 0.5) is 0 Å². The van der Waals surface area contributed by atoms with Crippen LogP contribution in [-0.2, 0) is 31.6 Å². The summed E-state index contributed by atoms with van der Waals surface area (Å²) in [5, 5.41) is 0. The van der Waals surface area contributed by atoms with Gasteiger partial charge in [0, 0.05) is 0 Å². The Bertz CT molecular complexity index is 257. The second-order valence-corrected chi connectivity index (χ2v) is 6.03. The van der Waals surface area contributed by atoms with E-state index in [9.17, 15) is 6.65 Å². The van der Waals surface area contributed by atoms with Gasteiger partial charge in [0.25, 0.3) is 0 Å². The van der Waals surface area contributed by atoms with Crippen LogP contribution in [0, 0.1) is 0 Å². The molecule has 0 bridgehead atoms. The molecule has 0 N–H and O–H groups in total. The molecule has 1 unspecified atom stereocenters. The fraction of sp³-hybridized carbons (Fsp3) is 0. The number of rotatable bonds is 1. The summed E-state index contributed by atoms with van der Waals surface area (Å²) in [4.78, 5) is 0. The molecule has 0 aromatic rings. The standard InChI is InChI=1S/C3H3N2S.2O.Ti/c1-2-4-6-5-3-1;;;/h1-3H;;;/q+1;;;-1. The van der Waals surface area contributed by atoms with Crippen molar-refractivity contribution in [1.29, 1.82) is 0 Å². The summed E-state index contributed by atoms with van der Waals surface area (Å²) < 4.78 is 27.8. The predicted molar refractivity (Wildman–Crippen MR) is 28.8 cm³/mol. The Morgan fingerprint density at radius 1 is 1.44 bits per heavy atom. The first-order valence-corrected chi connectivity index (χ1v) is 6.49. The van der Waals surface area contributed by atoms with Gasteiger partial charge in [0.2, 0.25) is 0 Å². The average molecular weight is 179 g/mol. The van der Waals surface area contributed by atoms with Gasteiger partial charge in [-0.1, -0.05) is 0 Å².